The lowest BCUT2D eigenvalue weighted by atomic mass is 10.1. The van der Waals surface area contributed by atoms with Crippen LogP contribution in [0, 0.1) is 11.6 Å². The lowest BCUT2D eigenvalue weighted by molar-refractivity contribution is 0.146. The topological polar surface area (TPSA) is 84.1 Å². The third kappa shape index (κ3) is 4.24. The fourth-order valence-corrected chi connectivity index (χ4v) is 3.91. The van der Waals surface area contributed by atoms with E-state index >= 15 is 0 Å². The highest BCUT2D eigenvalue weighted by molar-refractivity contribution is 5.81. The highest BCUT2D eigenvalue weighted by atomic mass is 19.2. The van der Waals surface area contributed by atoms with E-state index in [2.05, 4.69) is 15.3 Å². The van der Waals surface area contributed by atoms with E-state index < -0.39 is 17.2 Å². The van der Waals surface area contributed by atoms with Gasteiger partial charge in [0.2, 0.25) is 0 Å². The summed E-state index contributed by atoms with van der Waals surface area (Å²) in [4.78, 5) is 17.8. The van der Waals surface area contributed by atoms with Crippen LogP contribution < -0.4 is 10.3 Å². The molecular weight excluding hydrogens is 456 g/mol. The van der Waals surface area contributed by atoms with Crippen molar-refractivity contribution in [3.63, 3.8) is 0 Å². The second-order valence-electron chi connectivity index (χ2n) is 8.00. The van der Waals surface area contributed by atoms with Crippen LogP contribution in [0.5, 0.6) is 5.75 Å². The molecule has 10 heteroatoms. The SMILES string of the molecule is COCCOc1cnc2ccc(C(C)n3nnc4ccn(-c5ccc(F)c(F)c5)c(=O)c43)cc2c1. The molecule has 0 aliphatic heterocycles. The number of hydrogen-bond acceptors (Lipinski definition) is 6. The van der Waals surface area contributed by atoms with E-state index in [9.17, 15) is 13.6 Å². The Morgan fingerprint density at radius 1 is 1.00 bits per heavy atom. The molecule has 0 bridgehead atoms. The molecule has 2 aromatic carbocycles. The first kappa shape index (κ1) is 22.6. The summed E-state index contributed by atoms with van der Waals surface area (Å²) in [5, 5.41) is 9.21. The van der Waals surface area contributed by atoms with Crippen LogP contribution in [0.2, 0.25) is 0 Å². The molecule has 1 unspecified atom stereocenters. The van der Waals surface area contributed by atoms with Gasteiger partial charge in [-0.15, -0.1) is 5.10 Å². The van der Waals surface area contributed by atoms with Crippen LogP contribution >= 0.6 is 0 Å². The maximum Gasteiger partial charge on any atom is 0.282 e. The van der Waals surface area contributed by atoms with Crippen molar-refractivity contribution in [2.24, 2.45) is 0 Å². The number of fused-ring (bicyclic) bond motifs is 2. The lowest BCUT2D eigenvalue weighted by Crippen LogP contribution is -2.22. The van der Waals surface area contributed by atoms with Crippen LogP contribution in [0.3, 0.4) is 0 Å². The first-order chi connectivity index (χ1) is 17.0. The minimum absolute atomic E-state index is 0.203. The first-order valence-electron chi connectivity index (χ1n) is 10.9. The summed E-state index contributed by atoms with van der Waals surface area (Å²) in [6, 6.07) is 12.2. The molecule has 0 saturated heterocycles. The Hall–Kier alpha value is -4.18. The molecule has 0 amide bonds. The minimum atomic E-state index is -1.04. The van der Waals surface area contributed by atoms with Gasteiger partial charge in [-0.1, -0.05) is 11.3 Å². The van der Waals surface area contributed by atoms with Gasteiger partial charge < -0.3 is 9.47 Å². The van der Waals surface area contributed by atoms with Gasteiger partial charge in [0.05, 0.1) is 30.0 Å². The fraction of sp³-hybridized carbons (Fsp3) is 0.200. The normalized spacial score (nSPS) is 12.3. The van der Waals surface area contributed by atoms with Crippen LogP contribution in [0.15, 0.2) is 65.7 Å². The number of ether oxygens (including phenoxy) is 2. The van der Waals surface area contributed by atoms with E-state index in [4.69, 9.17) is 9.47 Å². The molecule has 35 heavy (non-hydrogen) atoms. The molecule has 3 heterocycles. The van der Waals surface area contributed by atoms with Gasteiger partial charge in [0.25, 0.3) is 5.56 Å². The van der Waals surface area contributed by atoms with Gasteiger partial charge >= 0.3 is 0 Å². The van der Waals surface area contributed by atoms with Crippen LogP contribution in [-0.2, 0) is 4.74 Å². The van der Waals surface area contributed by atoms with E-state index in [0.29, 0.717) is 24.5 Å². The number of rotatable bonds is 7. The lowest BCUT2D eigenvalue weighted by Gasteiger charge is -2.14. The highest BCUT2D eigenvalue weighted by Gasteiger charge is 2.18. The zero-order chi connectivity index (χ0) is 24.5. The standard InChI is InChI=1S/C25H21F2N5O3/c1-15(16-3-6-22-17(11-16)12-19(14-28-22)35-10-9-34-2)32-24-23(29-30-32)7-8-31(25(24)33)18-4-5-20(26)21(27)13-18/h3-8,11-15H,9-10H2,1-2H3. The molecule has 0 spiro atoms. The minimum Gasteiger partial charge on any atom is -0.490 e. The highest BCUT2D eigenvalue weighted by Crippen LogP contribution is 2.26. The second-order valence-corrected chi connectivity index (χ2v) is 8.00. The third-order valence-corrected chi connectivity index (χ3v) is 5.79. The molecule has 0 saturated carbocycles. The molecule has 5 rings (SSSR count). The van der Waals surface area contributed by atoms with E-state index in [0.717, 1.165) is 28.6 Å². The van der Waals surface area contributed by atoms with Gasteiger partial charge in [-0.2, -0.15) is 0 Å². The van der Waals surface area contributed by atoms with Crippen molar-refractivity contribution < 1.29 is 18.3 Å². The number of aromatic nitrogens is 5. The summed E-state index contributed by atoms with van der Waals surface area (Å²) in [5.74, 6) is -1.40. The fourth-order valence-electron chi connectivity index (χ4n) is 3.91. The monoisotopic (exact) mass is 477 g/mol. The molecule has 0 N–H and O–H groups in total. The molecule has 3 aromatic heterocycles. The van der Waals surface area contributed by atoms with Crippen molar-refractivity contribution in [2.45, 2.75) is 13.0 Å². The Balaban J connectivity index is 1.54. The number of halogens is 2. The van der Waals surface area contributed by atoms with Crippen molar-refractivity contribution in [3.05, 3.63) is 88.5 Å². The predicted molar refractivity (Wildman–Crippen MR) is 126 cm³/mol. The van der Waals surface area contributed by atoms with E-state index in [1.165, 1.54) is 21.5 Å². The Morgan fingerprint density at radius 2 is 1.86 bits per heavy atom. The predicted octanol–water partition coefficient (Wildman–Crippen LogP) is 4.04. The summed E-state index contributed by atoms with van der Waals surface area (Å²) in [6.45, 7) is 2.78. The average Bonchev–Trinajstić information content (AvgIpc) is 3.30. The second kappa shape index (κ2) is 9.22. The van der Waals surface area contributed by atoms with E-state index in [-0.39, 0.29) is 17.2 Å². The zero-order valence-corrected chi connectivity index (χ0v) is 19.0. The van der Waals surface area contributed by atoms with Crippen LogP contribution in [0.4, 0.5) is 8.78 Å². The van der Waals surface area contributed by atoms with Gasteiger partial charge in [-0.05, 0) is 48.9 Å². The Bertz CT molecular complexity index is 1600. The van der Waals surface area contributed by atoms with Crippen molar-refractivity contribution in [3.8, 4) is 11.4 Å². The Labute approximate surface area is 198 Å². The average molecular weight is 477 g/mol. The number of nitrogens with zero attached hydrogens (tertiary/aromatic N) is 5. The maximum atomic E-state index is 13.8. The molecule has 0 fully saturated rings. The molecule has 0 aliphatic rings. The molecule has 5 aromatic rings. The molecule has 178 valence electrons. The van der Waals surface area contributed by atoms with Gasteiger partial charge in [-0.25, -0.2) is 13.5 Å². The van der Waals surface area contributed by atoms with Crippen LogP contribution in [0.25, 0.3) is 27.6 Å². The third-order valence-electron chi connectivity index (χ3n) is 5.79. The summed E-state index contributed by atoms with van der Waals surface area (Å²) in [6.07, 6.45) is 3.13. The van der Waals surface area contributed by atoms with Crippen molar-refractivity contribution in [1.82, 2.24) is 24.5 Å². The van der Waals surface area contributed by atoms with E-state index in [1.54, 1.807) is 19.4 Å². The smallest absolute Gasteiger partial charge is 0.282 e. The van der Waals surface area contributed by atoms with Crippen LogP contribution in [-0.4, -0.2) is 44.9 Å². The summed E-state index contributed by atoms with van der Waals surface area (Å²) in [7, 11) is 1.61. The number of benzene rings is 2. The molecule has 0 aliphatic carbocycles. The van der Waals surface area contributed by atoms with Gasteiger partial charge in [0, 0.05) is 24.8 Å². The molecular formula is C25H21F2N5O3. The largest absolute Gasteiger partial charge is 0.490 e. The summed E-state index contributed by atoms with van der Waals surface area (Å²) < 4.78 is 40.6. The first-order valence-corrected chi connectivity index (χ1v) is 10.9. The molecule has 1 atom stereocenters. The van der Waals surface area contributed by atoms with E-state index in [1.807, 2.05) is 31.2 Å². The zero-order valence-electron chi connectivity index (χ0n) is 19.0. The quantitative estimate of drug-likeness (QED) is 0.329. The van der Waals surface area contributed by atoms with Crippen molar-refractivity contribution in [2.75, 3.05) is 20.3 Å². The van der Waals surface area contributed by atoms with Gasteiger partial charge in [0.1, 0.15) is 17.9 Å². The molecule has 8 nitrogen and oxygen atoms in total. The Kier molecular flexibility index (Phi) is 5.96. The summed E-state index contributed by atoms with van der Waals surface area (Å²) in [5.41, 5.74) is 2.08. The van der Waals surface area contributed by atoms with Crippen LogP contribution in [0.1, 0.15) is 18.5 Å². The number of methoxy groups -OCH3 is 1. The number of hydrogen-bond donors (Lipinski definition) is 0. The van der Waals surface area contributed by atoms with Crippen molar-refractivity contribution >= 4 is 21.9 Å². The maximum absolute atomic E-state index is 13.8. The molecule has 0 radical (unpaired) electrons. The van der Waals surface area contributed by atoms with Gasteiger partial charge in [-0.3, -0.25) is 14.3 Å². The van der Waals surface area contributed by atoms with Gasteiger partial charge in [0.15, 0.2) is 17.2 Å². The van der Waals surface area contributed by atoms with Crippen molar-refractivity contribution in [1.29, 1.82) is 0 Å². The number of pyridine rings is 2. The summed E-state index contributed by atoms with van der Waals surface area (Å²) >= 11 is 0. The Morgan fingerprint density at radius 3 is 2.66 bits per heavy atom.